The van der Waals surface area contributed by atoms with Gasteiger partial charge in [0.25, 0.3) is 0 Å². The molecule has 0 spiro atoms. The molecule has 3 atom stereocenters. The van der Waals surface area contributed by atoms with Gasteiger partial charge in [0.05, 0.1) is 0 Å². The van der Waals surface area contributed by atoms with E-state index >= 15 is 0 Å². The Balaban J connectivity index is 4.18. The first-order valence-corrected chi connectivity index (χ1v) is 7.36. The van der Waals surface area contributed by atoms with Crippen LogP contribution in [0.2, 0.25) is 0 Å². The van der Waals surface area contributed by atoms with Crippen molar-refractivity contribution < 1.29 is 4.79 Å². The average molecular weight is 241 g/mol. The van der Waals surface area contributed by atoms with Crippen molar-refractivity contribution in [1.82, 2.24) is 5.32 Å². The fourth-order valence-electron chi connectivity index (χ4n) is 2.30. The SMILES string of the molecule is CCCC[C@@H](C)[C@@H](C)[C@H](CC)NC(=O)CCC. The van der Waals surface area contributed by atoms with E-state index in [9.17, 15) is 4.79 Å². The van der Waals surface area contributed by atoms with Gasteiger partial charge in [-0.05, 0) is 24.7 Å². The molecule has 1 N–H and O–H groups in total. The highest BCUT2D eigenvalue weighted by molar-refractivity contribution is 5.76. The smallest absolute Gasteiger partial charge is 0.220 e. The minimum atomic E-state index is 0.217. The van der Waals surface area contributed by atoms with Crippen molar-refractivity contribution in [2.75, 3.05) is 0 Å². The summed E-state index contributed by atoms with van der Waals surface area (Å²) in [5, 5.41) is 3.19. The fraction of sp³-hybridized carbons (Fsp3) is 0.933. The van der Waals surface area contributed by atoms with Crippen molar-refractivity contribution in [1.29, 1.82) is 0 Å². The highest BCUT2D eigenvalue weighted by atomic mass is 16.1. The zero-order valence-electron chi connectivity index (χ0n) is 12.4. The van der Waals surface area contributed by atoms with Crippen LogP contribution in [0.1, 0.15) is 73.1 Å². The topological polar surface area (TPSA) is 29.1 Å². The predicted octanol–water partition coefficient (Wildman–Crippen LogP) is 4.14. The Bertz CT molecular complexity index is 203. The molecule has 0 aromatic carbocycles. The van der Waals surface area contributed by atoms with Crippen LogP contribution in [0.25, 0.3) is 0 Å². The van der Waals surface area contributed by atoms with E-state index in [1.54, 1.807) is 0 Å². The summed E-state index contributed by atoms with van der Waals surface area (Å²) in [5.41, 5.74) is 0. The van der Waals surface area contributed by atoms with Gasteiger partial charge in [0.15, 0.2) is 0 Å². The number of carbonyl (C=O) groups excluding carboxylic acids is 1. The molecule has 0 saturated carbocycles. The van der Waals surface area contributed by atoms with Gasteiger partial charge in [0.1, 0.15) is 0 Å². The molecule has 0 fully saturated rings. The zero-order valence-corrected chi connectivity index (χ0v) is 12.4. The number of amides is 1. The van der Waals surface area contributed by atoms with E-state index < -0.39 is 0 Å². The Morgan fingerprint density at radius 2 is 1.76 bits per heavy atom. The lowest BCUT2D eigenvalue weighted by atomic mass is 9.84. The molecular weight excluding hydrogens is 210 g/mol. The summed E-state index contributed by atoms with van der Waals surface area (Å²) in [7, 11) is 0. The number of unbranched alkanes of at least 4 members (excludes halogenated alkanes) is 1. The van der Waals surface area contributed by atoms with E-state index in [4.69, 9.17) is 0 Å². The molecule has 0 heterocycles. The highest BCUT2D eigenvalue weighted by Crippen LogP contribution is 2.22. The summed E-state index contributed by atoms with van der Waals surface area (Å²) in [6, 6.07) is 0.348. The standard InChI is InChI=1S/C15H31NO/c1-6-9-11-12(4)13(5)14(8-3)16-15(17)10-7-2/h12-14H,6-11H2,1-5H3,(H,16,17)/t12-,13-,14+/m1/s1. The summed E-state index contributed by atoms with van der Waals surface area (Å²) >= 11 is 0. The van der Waals surface area contributed by atoms with Gasteiger partial charge < -0.3 is 5.32 Å². The van der Waals surface area contributed by atoms with Crippen LogP contribution in [0.15, 0.2) is 0 Å². The second kappa shape index (κ2) is 9.49. The fourth-order valence-corrected chi connectivity index (χ4v) is 2.30. The molecule has 0 bridgehead atoms. The van der Waals surface area contributed by atoms with E-state index in [1.165, 1.54) is 19.3 Å². The molecule has 0 saturated heterocycles. The van der Waals surface area contributed by atoms with E-state index in [0.717, 1.165) is 12.8 Å². The number of hydrogen-bond donors (Lipinski definition) is 1. The van der Waals surface area contributed by atoms with Gasteiger partial charge in [-0.1, -0.05) is 53.9 Å². The second-order valence-corrected chi connectivity index (χ2v) is 5.31. The lowest BCUT2D eigenvalue weighted by Crippen LogP contribution is -2.41. The molecule has 0 aliphatic rings. The molecule has 102 valence electrons. The van der Waals surface area contributed by atoms with Gasteiger partial charge in [-0.2, -0.15) is 0 Å². The largest absolute Gasteiger partial charge is 0.353 e. The Hall–Kier alpha value is -0.530. The van der Waals surface area contributed by atoms with E-state index in [-0.39, 0.29) is 5.91 Å². The average Bonchev–Trinajstić information content (AvgIpc) is 2.32. The Labute approximate surface area is 108 Å². The number of rotatable bonds is 9. The molecule has 1 amide bonds. The van der Waals surface area contributed by atoms with E-state index in [0.29, 0.717) is 24.3 Å². The number of carbonyl (C=O) groups is 1. The molecule has 0 aliphatic heterocycles. The van der Waals surface area contributed by atoms with Gasteiger partial charge in [-0.15, -0.1) is 0 Å². The summed E-state index contributed by atoms with van der Waals surface area (Å²) in [6.07, 6.45) is 6.46. The molecule has 17 heavy (non-hydrogen) atoms. The van der Waals surface area contributed by atoms with Gasteiger partial charge >= 0.3 is 0 Å². The first-order chi connectivity index (χ1) is 8.06. The van der Waals surface area contributed by atoms with Crippen molar-refractivity contribution in [2.24, 2.45) is 11.8 Å². The molecule has 2 nitrogen and oxygen atoms in total. The van der Waals surface area contributed by atoms with Crippen molar-refractivity contribution in [3.8, 4) is 0 Å². The monoisotopic (exact) mass is 241 g/mol. The van der Waals surface area contributed by atoms with Crippen molar-refractivity contribution >= 4 is 5.91 Å². The van der Waals surface area contributed by atoms with Crippen LogP contribution in [0, 0.1) is 11.8 Å². The van der Waals surface area contributed by atoms with Crippen molar-refractivity contribution in [3.63, 3.8) is 0 Å². The summed E-state index contributed by atoms with van der Waals surface area (Å²) in [4.78, 5) is 11.6. The third kappa shape index (κ3) is 6.70. The molecule has 0 radical (unpaired) electrons. The van der Waals surface area contributed by atoms with Crippen LogP contribution >= 0.6 is 0 Å². The summed E-state index contributed by atoms with van der Waals surface area (Å²) in [5.74, 6) is 1.49. The first kappa shape index (κ1) is 16.5. The Morgan fingerprint density at radius 1 is 1.12 bits per heavy atom. The van der Waals surface area contributed by atoms with Crippen LogP contribution in [0.5, 0.6) is 0 Å². The lowest BCUT2D eigenvalue weighted by Gasteiger charge is -2.29. The number of hydrogen-bond acceptors (Lipinski definition) is 1. The van der Waals surface area contributed by atoms with Crippen LogP contribution < -0.4 is 5.32 Å². The molecule has 0 unspecified atom stereocenters. The summed E-state index contributed by atoms with van der Waals surface area (Å²) in [6.45, 7) is 11.0. The maximum atomic E-state index is 11.6. The predicted molar refractivity (Wildman–Crippen MR) is 75.0 cm³/mol. The van der Waals surface area contributed by atoms with E-state index in [1.807, 2.05) is 6.92 Å². The van der Waals surface area contributed by atoms with Gasteiger partial charge in [-0.25, -0.2) is 0 Å². The summed E-state index contributed by atoms with van der Waals surface area (Å²) < 4.78 is 0. The first-order valence-electron chi connectivity index (χ1n) is 7.36. The molecule has 0 aromatic heterocycles. The van der Waals surface area contributed by atoms with Gasteiger partial charge in [0.2, 0.25) is 5.91 Å². The number of nitrogens with one attached hydrogen (secondary N) is 1. The van der Waals surface area contributed by atoms with Crippen LogP contribution in [0.3, 0.4) is 0 Å². The van der Waals surface area contributed by atoms with Crippen LogP contribution in [-0.4, -0.2) is 11.9 Å². The zero-order chi connectivity index (χ0) is 13.3. The van der Waals surface area contributed by atoms with Crippen LogP contribution in [0.4, 0.5) is 0 Å². The maximum Gasteiger partial charge on any atom is 0.220 e. The lowest BCUT2D eigenvalue weighted by molar-refractivity contribution is -0.122. The minimum absolute atomic E-state index is 0.217. The molecule has 0 aromatic rings. The Morgan fingerprint density at radius 3 is 2.24 bits per heavy atom. The van der Waals surface area contributed by atoms with Crippen LogP contribution in [-0.2, 0) is 4.79 Å². The van der Waals surface area contributed by atoms with Gasteiger partial charge in [0, 0.05) is 12.5 Å². The van der Waals surface area contributed by atoms with Gasteiger partial charge in [-0.3, -0.25) is 4.79 Å². The Kier molecular flexibility index (Phi) is 9.20. The molecule has 0 aliphatic carbocycles. The quantitative estimate of drug-likeness (QED) is 0.645. The van der Waals surface area contributed by atoms with E-state index in [2.05, 4.69) is 33.0 Å². The molecular formula is C15H31NO. The normalized spacial score (nSPS) is 16.3. The highest BCUT2D eigenvalue weighted by Gasteiger charge is 2.22. The third-order valence-electron chi connectivity index (χ3n) is 3.81. The minimum Gasteiger partial charge on any atom is -0.353 e. The maximum absolute atomic E-state index is 11.6. The van der Waals surface area contributed by atoms with Crippen molar-refractivity contribution in [2.45, 2.75) is 79.2 Å². The molecule has 2 heteroatoms. The third-order valence-corrected chi connectivity index (χ3v) is 3.81. The van der Waals surface area contributed by atoms with Crippen molar-refractivity contribution in [3.05, 3.63) is 0 Å². The molecule has 0 rings (SSSR count). The second-order valence-electron chi connectivity index (χ2n) is 5.31.